The molecule has 2 aliphatic heterocycles. The summed E-state index contributed by atoms with van der Waals surface area (Å²) in [5, 5.41) is 6.96. The van der Waals surface area contributed by atoms with Crippen molar-refractivity contribution in [2.45, 2.75) is 18.4 Å². The predicted octanol–water partition coefficient (Wildman–Crippen LogP) is 4.24. The Labute approximate surface area is 177 Å². The Morgan fingerprint density at radius 3 is 2.87 bits per heavy atom. The van der Waals surface area contributed by atoms with Gasteiger partial charge in [-0.25, -0.2) is 19.2 Å². The normalized spacial score (nSPS) is 18.1. The van der Waals surface area contributed by atoms with Gasteiger partial charge < -0.3 is 15.4 Å². The number of benzene rings is 2. The first-order chi connectivity index (χ1) is 14.5. The first-order valence-corrected chi connectivity index (χ1v) is 10.1. The van der Waals surface area contributed by atoms with E-state index in [2.05, 4.69) is 20.6 Å². The van der Waals surface area contributed by atoms with E-state index in [0.717, 1.165) is 25.9 Å². The van der Waals surface area contributed by atoms with E-state index in [-0.39, 0.29) is 16.8 Å². The van der Waals surface area contributed by atoms with Crippen LogP contribution >= 0.6 is 11.6 Å². The zero-order chi connectivity index (χ0) is 20.7. The topological polar surface area (TPSA) is 79.4 Å². The van der Waals surface area contributed by atoms with E-state index in [9.17, 15) is 9.18 Å². The van der Waals surface area contributed by atoms with Gasteiger partial charge in [-0.3, -0.25) is 4.90 Å². The zero-order valence-electron chi connectivity index (χ0n) is 16.0. The molecule has 0 aliphatic carbocycles. The van der Waals surface area contributed by atoms with Crippen molar-refractivity contribution in [3.63, 3.8) is 0 Å². The summed E-state index contributed by atoms with van der Waals surface area (Å²) in [7, 11) is 0. The minimum Gasteiger partial charge on any atom is -0.441 e. The van der Waals surface area contributed by atoms with Crippen LogP contribution in [0, 0.1) is 5.82 Å². The maximum atomic E-state index is 14.4. The number of fused-ring (bicyclic) bond motifs is 1. The van der Waals surface area contributed by atoms with E-state index in [1.165, 1.54) is 12.4 Å². The van der Waals surface area contributed by atoms with Gasteiger partial charge in [0.15, 0.2) is 5.82 Å². The van der Waals surface area contributed by atoms with E-state index in [1.807, 2.05) is 18.2 Å². The number of halogens is 2. The van der Waals surface area contributed by atoms with Crippen LogP contribution in [0.4, 0.5) is 26.4 Å². The van der Waals surface area contributed by atoms with E-state index in [0.29, 0.717) is 29.0 Å². The second-order valence-electron chi connectivity index (χ2n) is 7.54. The van der Waals surface area contributed by atoms with Gasteiger partial charge in [0.25, 0.3) is 0 Å². The molecular weight excluding hydrogens is 409 g/mol. The molecule has 0 saturated carbocycles. The highest BCUT2D eigenvalue weighted by Gasteiger charge is 2.46. The quantitative estimate of drug-likeness (QED) is 0.650. The number of carbonyl (C=O) groups excluding carboxylic acids is 1. The monoisotopic (exact) mass is 427 g/mol. The average Bonchev–Trinajstić information content (AvgIpc) is 3.07. The molecule has 0 atom stereocenters. The van der Waals surface area contributed by atoms with Crippen LogP contribution in [0.2, 0.25) is 5.02 Å². The summed E-state index contributed by atoms with van der Waals surface area (Å²) in [6, 6.07) is 10.2. The molecule has 3 aromatic rings. The molecule has 7 nitrogen and oxygen atoms in total. The fourth-order valence-corrected chi connectivity index (χ4v) is 4.18. The van der Waals surface area contributed by atoms with Crippen LogP contribution in [0.15, 0.2) is 42.7 Å². The van der Waals surface area contributed by atoms with Crippen molar-refractivity contribution in [3.05, 3.63) is 53.6 Å². The number of piperidine rings is 1. The Hall–Kier alpha value is -2.97. The highest BCUT2D eigenvalue weighted by atomic mass is 35.5. The third-order valence-electron chi connectivity index (χ3n) is 5.62. The molecular formula is C21H19ClFN5O2. The van der Waals surface area contributed by atoms with Crippen molar-refractivity contribution in [1.29, 1.82) is 0 Å². The lowest BCUT2D eigenvalue weighted by molar-refractivity contribution is 0.0316. The van der Waals surface area contributed by atoms with Crippen molar-refractivity contribution in [2.75, 3.05) is 29.9 Å². The molecule has 0 radical (unpaired) electrons. The summed E-state index contributed by atoms with van der Waals surface area (Å²) in [5.41, 5.74) is 1.12. The highest BCUT2D eigenvalue weighted by Crippen LogP contribution is 2.36. The van der Waals surface area contributed by atoms with Crippen molar-refractivity contribution in [3.8, 4) is 0 Å². The van der Waals surface area contributed by atoms with Gasteiger partial charge in [0.05, 0.1) is 22.8 Å². The van der Waals surface area contributed by atoms with Crippen LogP contribution in [0.1, 0.15) is 12.8 Å². The molecule has 0 bridgehead atoms. The van der Waals surface area contributed by atoms with E-state index in [1.54, 1.807) is 17.0 Å². The van der Waals surface area contributed by atoms with Crippen molar-refractivity contribution < 1.29 is 13.9 Å². The van der Waals surface area contributed by atoms with Gasteiger partial charge in [0.2, 0.25) is 0 Å². The van der Waals surface area contributed by atoms with Crippen molar-refractivity contribution in [1.82, 2.24) is 15.3 Å². The molecule has 154 valence electrons. The molecule has 2 fully saturated rings. The summed E-state index contributed by atoms with van der Waals surface area (Å²) < 4.78 is 20.1. The number of ether oxygens (including phenoxy) is 1. The van der Waals surface area contributed by atoms with Crippen LogP contribution in [0.25, 0.3) is 10.9 Å². The summed E-state index contributed by atoms with van der Waals surface area (Å²) in [4.78, 5) is 22.8. The molecule has 1 spiro atoms. The fraction of sp³-hybridized carbons (Fsp3) is 0.286. The maximum absolute atomic E-state index is 14.4. The SMILES string of the molecule is O=C1OC2(CCNCC2)CN1c1ccc2ncnc(Nc3cccc(Cl)c3F)c2c1. The lowest BCUT2D eigenvalue weighted by Gasteiger charge is -2.31. The van der Waals surface area contributed by atoms with E-state index >= 15 is 0 Å². The number of aromatic nitrogens is 2. The summed E-state index contributed by atoms with van der Waals surface area (Å²) in [5.74, 6) is -0.134. The number of hydrogen-bond acceptors (Lipinski definition) is 6. The molecule has 1 amide bonds. The largest absolute Gasteiger partial charge is 0.441 e. The van der Waals surface area contributed by atoms with Gasteiger partial charge in [-0.15, -0.1) is 0 Å². The average molecular weight is 428 g/mol. The van der Waals surface area contributed by atoms with Gasteiger partial charge >= 0.3 is 6.09 Å². The Balaban J connectivity index is 1.50. The zero-order valence-corrected chi connectivity index (χ0v) is 16.7. The number of hydrogen-bond donors (Lipinski definition) is 2. The second kappa shape index (κ2) is 7.37. The highest BCUT2D eigenvalue weighted by molar-refractivity contribution is 6.31. The van der Waals surface area contributed by atoms with Crippen LogP contribution in [-0.4, -0.2) is 41.3 Å². The van der Waals surface area contributed by atoms with E-state index < -0.39 is 11.4 Å². The molecule has 30 heavy (non-hydrogen) atoms. The molecule has 2 saturated heterocycles. The van der Waals surface area contributed by atoms with Crippen molar-refractivity contribution in [2.24, 2.45) is 0 Å². The molecule has 2 N–H and O–H groups in total. The van der Waals surface area contributed by atoms with Gasteiger partial charge in [0, 0.05) is 23.9 Å². The first kappa shape index (κ1) is 19.0. The Morgan fingerprint density at radius 1 is 1.20 bits per heavy atom. The van der Waals surface area contributed by atoms with Gasteiger partial charge in [-0.05, 0) is 43.4 Å². The minimum atomic E-state index is -0.557. The smallest absolute Gasteiger partial charge is 0.415 e. The molecule has 3 heterocycles. The van der Waals surface area contributed by atoms with Crippen LogP contribution in [-0.2, 0) is 4.74 Å². The van der Waals surface area contributed by atoms with Crippen molar-refractivity contribution >= 4 is 45.8 Å². The lowest BCUT2D eigenvalue weighted by atomic mass is 9.92. The second-order valence-corrected chi connectivity index (χ2v) is 7.94. The Kier molecular flexibility index (Phi) is 4.67. The number of amides is 1. The maximum Gasteiger partial charge on any atom is 0.415 e. The molecule has 2 aliphatic rings. The Bertz CT molecular complexity index is 1140. The number of nitrogens with one attached hydrogen (secondary N) is 2. The molecule has 1 aromatic heterocycles. The Morgan fingerprint density at radius 2 is 2.03 bits per heavy atom. The summed E-state index contributed by atoms with van der Waals surface area (Å²) in [6.45, 7) is 2.15. The standard InChI is InChI=1S/C21H19ClFN5O2/c22-15-2-1-3-17(18(15)23)27-19-14-10-13(4-5-16(14)25-12-26-19)28-11-21(30-20(28)29)6-8-24-9-7-21/h1-5,10,12,24H,6-9,11H2,(H,25,26,27). The number of rotatable bonds is 3. The lowest BCUT2D eigenvalue weighted by Crippen LogP contribution is -2.44. The van der Waals surface area contributed by atoms with Gasteiger partial charge in [-0.1, -0.05) is 17.7 Å². The van der Waals surface area contributed by atoms with Gasteiger partial charge in [0.1, 0.15) is 17.7 Å². The third kappa shape index (κ3) is 3.32. The first-order valence-electron chi connectivity index (χ1n) is 9.72. The summed E-state index contributed by atoms with van der Waals surface area (Å²) in [6.07, 6.45) is 2.61. The molecule has 2 aromatic carbocycles. The predicted molar refractivity (Wildman–Crippen MR) is 113 cm³/mol. The van der Waals surface area contributed by atoms with Crippen LogP contribution in [0.3, 0.4) is 0 Å². The number of nitrogens with zero attached hydrogens (tertiary/aromatic N) is 3. The summed E-state index contributed by atoms with van der Waals surface area (Å²) >= 11 is 5.89. The molecule has 9 heteroatoms. The number of anilines is 3. The third-order valence-corrected chi connectivity index (χ3v) is 5.91. The van der Waals surface area contributed by atoms with E-state index in [4.69, 9.17) is 16.3 Å². The van der Waals surface area contributed by atoms with Crippen LogP contribution < -0.4 is 15.5 Å². The molecule has 0 unspecified atom stereocenters. The number of carbonyl (C=O) groups is 1. The molecule has 5 rings (SSSR count). The van der Waals surface area contributed by atoms with Crippen LogP contribution in [0.5, 0.6) is 0 Å². The van der Waals surface area contributed by atoms with Gasteiger partial charge in [-0.2, -0.15) is 0 Å². The fourth-order valence-electron chi connectivity index (χ4n) is 4.00. The minimum absolute atomic E-state index is 0.0196.